The van der Waals surface area contributed by atoms with E-state index < -0.39 is 29.7 Å². The molecule has 0 fully saturated rings. The van der Waals surface area contributed by atoms with Gasteiger partial charge in [-0.25, -0.2) is 27.9 Å². The first-order chi connectivity index (χ1) is 22.4. The van der Waals surface area contributed by atoms with Crippen molar-refractivity contribution in [3.05, 3.63) is 59.7 Å². The molecule has 1 amide bonds. The molecule has 3 rings (SSSR count). The van der Waals surface area contributed by atoms with E-state index >= 15 is 0 Å². The van der Waals surface area contributed by atoms with Crippen LogP contribution < -0.4 is 29.6 Å². The average Bonchev–Trinajstić information content (AvgIpc) is 3.02. The number of alkyl halides is 1. The molecule has 0 spiro atoms. The Morgan fingerprint density at radius 1 is 0.915 bits per heavy atom. The maximum atomic E-state index is 14.7. The summed E-state index contributed by atoms with van der Waals surface area (Å²) in [5, 5.41) is 6.20. The van der Waals surface area contributed by atoms with Gasteiger partial charge in [0, 0.05) is 41.9 Å². The Morgan fingerprint density at radius 3 is 2.19 bits per heavy atom. The second kappa shape index (κ2) is 18.6. The molecule has 47 heavy (non-hydrogen) atoms. The molecule has 15 heteroatoms. The van der Waals surface area contributed by atoms with Crippen LogP contribution in [0.5, 0.6) is 23.0 Å². The van der Waals surface area contributed by atoms with Gasteiger partial charge >= 0.3 is 6.09 Å². The molecule has 0 aliphatic heterocycles. The van der Waals surface area contributed by atoms with Gasteiger partial charge in [-0.15, -0.1) is 0 Å². The van der Waals surface area contributed by atoms with Gasteiger partial charge in [0.2, 0.25) is 5.95 Å². The highest BCUT2D eigenvalue weighted by atomic mass is 127. The van der Waals surface area contributed by atoms with E-state index in [2.05, 4.69) is 43.2 Å². The molecular formula is C32H41F3IN5O6. The third kappa shape index (κ3) is 12.1. The summed E-state index contributed by atoms with van der Waals surface area (Å²) >= 11 is 2.23. The highest BCUT2D eigenvalue weighted by Gasteiger charge is 2.22. The van der Waals surface area contributed by atoms with Crippen LogP contribution in [0.15, 0.2) is 36.7 Å². The number of unbranched alkanes of at least 4 members (excludes halogenated alkanes) is 1. The SMILES string of the molecule is COc1cc(OC)c(F)c(COc2cnc(Nc3ccc(OCCCCNCCN(CCI)C(=O)OC(C)(C)C)c(F)c3)nc2)c1F. The van der Waals surface area contributed by atoms with Gasteiger partial charge in [-0.2, -0.15) is 0 Å². The summed E-state index contributed by atoms with van der Waals surface area (Å²) in [5.74, 6) is -2.30. The Hall–Kier alpha value is -3.73. The zero-order valence-electron chi connectivity index (χ0n) is 27.1. The van der Waals surface area contributed by atoms with Gasteiger partial charge in [-0.3, -0.25) is 0 Å². The monoisotopic (exact) mass is 775 g/mol. The van der Waals surface area contributed by atoms with Crippen molar-refractivity contribution >= 4 is 40.3 Å². The van der Waals surface area contributed by atoms with Crippen molar-refractivity contribution in [3.8, 4) is 23.0 Å². The van der Waals surface area contributed by atoms with Crippen molar-refractivity contribution in [3.63, 3.8) is 0 Å². The van der Waals surface area contributed by atoms with Crippen LogP contribution >= 0.6 is 22.6 Å². The number of hydrogen-bond acceptors (Lipinski definition) is 10. The lowest BCUT2D eigenvalue weighted by atomic mass is 10.1. The van der Waals surface area contributed by atoms with E-state index in [-0.39, 0.29) is 40.6 Å². The Bertz CT molecular complexity index is 1420. The highest BCUT2D eigenvalue weighted by Crippen LogP contribution is 2.32. The topological polar surface area (TPSA) is 116 Å². The predicted octanol–water partition coefficient (Wildman–Crippen LogP) is 6.65. The summed E-state index contributed by atoms with van der Waals surface area (Å²) in [5.41, 5.74) is -0.516. The number of anilines is 2. The van der Waals surface area contributed by atoms with Crippen LogP contribution in [-0.4, -0.2) is 78.0 Å². The Balaban J connectivity index is 1.39. The van der Waals surface area contributed by atoms with E-state index in [1.807, 2.05) is 20.8 Å². The van der Waals surface area contributed by atoms with Crippen LogP contribution in [0.4, 0.5) is 29.6 Å². The molecule has 0 aliphatic carbocycles. The summed E-state index contributed by atoms with van der Waals surface area (Å²) in [7, 11) is 2.52. The fourth-order valence-corrected chi connectivity index (χ4v) is 4.68. The van der Waals surface area contributed by atoms with Gasteiger partial charge < -0.3 is 39.2 Å². The third-order valence-electron chi connectivity index (χ3n) is 6.43. The first-order valence-electron chi connectivity index (χ1n) is 14.9. The molecule has 2 aromatic carbocycles. The van der Waals surface area contributed by atoms with E-state index in [9.17, 15) is 18.0 Å². The van der Waals surface area contributed by atoms with Crippen LogP contribution in [-0.2, 0) is 11.3 Å². The first-order valence-corrected chi connectivity index (χ1v) is 16.5. The summed E-state index contributed by atoms with van der Waals surface area (Å²) in [4.78, 5) is 22.3. The van der Waals surface area contributed by atoms with Crippen molar-refractivity contribution in [2.24, 2.45) is 0 Å². The van der Waals surface area contributed by atoms with Gasteiger partial charge in [0.05, 0.1) is 38.8 Å². The van der Waals surface area contributed by atoms with Gasteiger partial charge in [-0.05, 0) is 52.3 Å². The van der Waals surface area contributed by atoms with Gasteiger partial charge in [-0.1, -0.05) is 22.6 Å². The van der Waals surface area contributed by atoms with Crippen LogP contribution in [0.25, 0.3) is 0 Å². The number of rotatable bonds is 18. The number of ether oxygens (including phenoxy) is 5. The molecule has 0 saturated carbocycles. The normalized spacial score (nSPS) is 11.2. The lowest BCUT2D eigenvalue weighted by Gasteiger charge is -2.27. The molecule has 0 atom stereocenters. The van der Waals surface area contributed by atoms with Gasteiger partial charge in [0.15, 0.2) is 40.4 Å². The zero-order chi connectivity index (χ0) is 34.4. The predicted molar refractivity (Wildman–Crippen MR) is 180 cm³/mol. The highest BCUT2D eigenvalue weighted by molar-refractivity contribution is 14.1. The van der Waals surface area contributed by atoms with Crippen LogP contribution in [0.2, 0.25) is 0 Å². The summed E-state index contributed by atoms with van der Waals surface area (Å²) in [6, 6.07) is 5.51. The minimum Gasteiger partial charge on any atom is -0.494 e. The van der Waals surface area contributed by atoms with Crippen LogP contribution in [0.3, 0.4) is 0 Å². The average molecular weight is 776 g/mol. The number of carbonyl (C=O) groups is 1. The number of benzene rings is 2. The second-order valence-electron chi connectivity index (χ2n) is 11.2. The Kier molecular flexibility index (Phi) is 14.9. The molecule has 0 aliphatic rings. The summed E-state index contributed by atoms with van der Waals surface area (Å²) in [6.45, 7) is 7.95. The summed E-state index contributed by atoms with van der Waals surface area (Å²) in [6.07, 6.45) is 3.83. The summed E-state index contributed by atoms with van der Waals surface area (Å²) < 4.78 is 71.0. The van der Waals surface area contributed by atoms with E-state index in [1.165, 1.54) is 38.7 Å². The van der Waals surface area contributed by atoms with Crippen molar-refractivity contribution in [2.75, 3.05) is 56.7 Å². The fraction of sp³-hybridized carbons (Fsp3) is 0.469. The van der Waals surface area contributed by atoms with Gasteiger partial charge in [0.25, 0.3) is 0 Å². The maximum Gasteiger partial charge on any atom is 0.410 e. The molecule has 0 bridgehead atoms. The second-order valence-corrected chi connectivity index (χ2v) is 12.2. The molecule has 3 aromatic rings. The number of methoxy groups -OCH3 is 2. The number of nitrogens with one attached hydrogen (secondary N) is 2. The maximum absolute atomic E-state index is 14.7. The van der Waals surface area contributed by atoms with Crippen molar-refractivity contribution < 1.29 is 41.7 Å². The minimum absolute atomic E-state index is 0.119. The van der Waals surface area contributed by atoms with E-state index in [1.54, 1.807) is 11.0 Å². The third-order valence-corrected chi connectivity index (χ3v) is 6.92. The van der Waals surface area contributed by atoms with Crippen molar-refractivity contribution in [2.45, 2.75) is 45.8 Å². The molecule has 1 heterocycles. The van der Waals surface area contributed by atoms with E-state index in [4.69, 9.17) is 23.7 Å². The molecule has 11 nitrogen and oxygen atoms in total. The zero-order valence-corrected chi connectivity index (χ0v) is 29.3. The largest absolute Gasteiger partial charge is 0.494 e. The molecular weight excluding hydrogens is 734 g/mol. The molecule has 258 valence electrons. The number of nitrogens with zero attached hydrogens (tertiary/aromatic N) is 3. The van der Waals surface area contributed by atoms with Crippen molar-refractivity contribution in [1.82, 2.24) is 20.2 Å². The molecule has 0 unspecified atom stereocenters. The lowest BCUT2D eigenvalue weighted by molar-refractivity contribution is 0.0265. The molecule has 2 N–H and O–H groups in total. The number of aromatic nitrogens is 2. The number of halogens is 4. The standard InChI is InChI=1S/C32H41F3IN5O6/c1-32(2,3)47-31(42)41(13-10-36)14-12-37-11-6-7-15-45-25-9-8-21(16-24(25)33)40-30-38-18-22(19-39-30)46-20-23-28(34)26(43-4)17-27(44-5)29(23)35/h8-9,16-19,37H,6-7,10-15,20H2,1-5H3,(H,38,39,40). The van der Waals surface area contributed by atoms with E-state index in [0.29, 0.717) is 38.3 Å². The quantitative estimate of drug-likeness (QED) is 0.0827. The minimum atomic E-state index is -0.904. The number of hydrogen-bond donors (Lipinski definition) is 2. The number of carbonyl (C=O) groups excluding carboxylic acids is 1. The molecule has 0 saturated heterocycles. The fourth-order valence-electron chi connectivity index (χ4n) is 4.09. The van der Waals surface area contributed by atoms with Gasteiger partial charge in [0.1, 0.15) is 12.2 Å². The number of amides is 1. The Morgan fingerprint density at radius 2 is 1.60 bits per heavy atom. The molecule has 1 aromatic heterocycles. The van der Waals surface area contributed by atoms with Crippen LogP contribution in [0, 0.1) is 17.5 Å². The molecule has 0 radical (unpaired) electrons. The smallest absolute Gasteiger partial charge is 0.410 e. The van der Waals surface area contributed by atoms with Crippen molar-refractivity contribution in [1.29, 1.82) is 0 Å². The van der Waals surface area contributed by atoms with E-state index in [0.717, 1.165) is 23.5 Å². The van der Waals surface area contributed by atoms with Crippen LogP contribution in [0.1, 0.15) is 39.2 Å². The Labute approximate surface area is 286 Å². The first kappa shape index (κ1) is 37.7. The lowest BCUT2D eigenvalue weighted by Crippen LogP contribution is -2.41.